The lowest BCUT2D eigenvalue weighted by atomic mass is 10.0. The molecule has 1 N–H and O–H groups in total. The zero-order valence-corrected chi connectivity index (χ0v) is 13.1. The van der Waals surface area contributed by atoms with Gasteiger partial charge in [-0.2, -0.15) is 24.1 Å². The molecule has 0 spiro atoms. The molecule has 0 saturated carbocycles. The number of rotatable bonds is 5. The van der Waals surface area contributed by atoms with E-state index in [0.29, 0.717) is 25.6 Å². The highest BCUT2D eigenvalue weighted by Gasteiger charge is 2.27. The zero-order chi connectivity index (χ0) is 13.9. The van der Waals surface area contributed by atoms with Gasteiger partial charge < -0.3 is 0 Å². The Kier molecular flexibility index (Phi) is 5.00. The number of hydrogen-bond acceptors (Lipinski definition) is 3. The molecule has 0 radical (unpaired) electrons. The van der Waals surface area contributed by atoms with Gasteiger partial charge in [0.25, 0.3) is 10.2 Å². The number of nitrogens with one attached hydrogen (secondary N) is 1. The Bertz CT molecular complexity index is 485. The third kappa shape index (κ3) is 4.02. The van der Waals surface area contributed by atoms with Crippen molar-refractivity contribution in [2.24, 2.45) is 5.92 Å². The molecule has 0 amide bonds. The summed E-state index contributed by atoms with van der Waals surface area (Å²) >= 11 is 1.64. The van der Waals surface area contributed by atoms with Crippen molar-refractivity contribution in [3.63, 3.8) is 0 Å². The Morgan fingerprint density at radius 3 is 3.00 bits per heavy atom. The first-order chi connectivity index (χ1) is 8.99. The molecular formula is C13H22N2O2S2. The third-order valence-electron chi connectivity index (χ3n) is 3.64. The number of thiophene rings is 1. The van der Waals surface area contributed by atoms with E-state index >= 15 is 0 Å². The van der Waals surface area contributed by atoms with Crippen LogP contribution in [0, 0.1) is 5.92 Å². The van der Waals surface area contributed by atoms with Crippen LogP contribution in [0.5, 0.6) is 0 Å². The highest BCUT2D eigenvalue weighted by Crippen LogP contribution is 2.20. The fraction of sp³-hybridized carbons (Fsp3) is 0.692. The molecule has 2 rings (SSSR count). The summed E-state index contributed by atoms with van der Waals surface area (Å²) < 4.78 is 28.8. The van der Waals surface area contributed by atoms with E-state index in [0.717, 1.165) is 12.8 Å². The standard InChI is InChI=1S/C13H22N2O2S2/c1-11-4-3-6-15(9-11)19(16,17)14-8-12(2)13-5-7-18-10-13/h5,7,10-12,14H,3-4,6,8-9H2,1-2H3/t11-,12-/m0/s1. The van der Waals surface area contributed by atoms with Gasteiger partial charge in [-0.25, -0.2) is 4.72 Å². The summed E-state index contributed by atoms with van der Waals surface area (Å²) in [6.07, 6.45) is 2.08. The average Bonchev–Trinajstić information content (AvgIpc) is 2.90. The maximum atomic E-state index is 12.2. The quantitative estimate of drug-likeness (QED) is 0.908. The number of nitrogens with zero attached hydrogens (tertiary/aromatic N) is 1. The SMILES string of the molecule is C[C@H]1CCCN(S(=O)(=O)NC[C@H](C)c2ccsc2)C1. The summed E-state index contributed by atoms with van der Waals surface area (Å²) in [5.74, 6) is 0.669. The molecule has 1 aromatic rings. The molecule has 0 bridgehead atoms. The summed E-state index contributed by atoms with van der Waals surface area (Å²) in [5.41, 5.74) is 1.19. The molecule has 4 nitrogen and oxygen atoms in total. The molecule has 6 heteroatoms. The fourth-order valence-corrected chi connectivity index (χ4v) is 4.61. The molecule has 2 heterocycles. The normalized spacial score (nSPS) is 23.4. The Morgan fingerprint density at radius 2 is 2.37 bits per heavy atom. The first kappa shape index (κ1) is 15.0. The van der Waals surface area contributed by atoms with Gasteiger partial charge >= 0.3 is 0 Å². The molecule has 0 aromatic carbocycles. The van der Waals surface area contributed by atoms with Crippen molar-refractivity contribution >= 4 is 21.5 Å². The van der Waals surface area contributed by atoms with Crippen LogP contribution in [-0.2, 0) is 10.2 Å². The highest BCUT2D eigenvalue weighted by molar-refractivity contribution is 7.87. The predicted octanol–water partition coefficient (Wildman–Crippen LogP) is 2.42. The summed E-state index contributed by atoms with van der Waals surface area (Å²) in [4.78, 5) is 0. The Labute approximate surface area is 120 Å². The van der Waals surface area contributed by atoms with E-state index in [4.69, 9.17) is 0 Å². The highest BCUT2D eigenvalue weighted by atomic mass is 32.2. The van der Waals surface area contributed by atoms with Crippen LogP contribution in [0.3, 0.4) is 0 Å². The summed E-state index contributed by atoms with van der Waals surface area (Å²) in [7, 11) is -3.32. The molecule has 1 aliphatic rings. The molecule has 2 atom stereocenters. The largest absolute Gasteiger partial charge is 0.279 e. The van der Waals surface area contributed by atoms with Crippen LogP contribution >= 0.6 is 11.3 Å². The maximum Gasteiger partial charge on any atom is 0.279 e. The van der Waals surface area contributed by atoms with Crippen LogP contribution in [-0.4, -0.2) is 32.4 Å². The van der Waals surface area contributed by atoms with Crippen LogP contribution in [0.25, 0.3) is 0 Å². The van der Waals surface area contributed by atoms with E-state index in [1.807, 2.05) is 18.4 Å². The summed E-state index contributed by atoms with van der Waals surface area (Å²) in [6, 6.07) is 2.05. The number of piperidine rings is 1. The minimum Gasteiger partial charge on any atom is -0.202 e. The topological polar surface area (TPSA) is 49.4 Å². The van der Waals surface area contributed by atoms with E-state index in [2.05, 4.69) is 17.0 Å². The molecule has 1 saturated heterocycles. The molecular weight excluding hydrogens is 280 g/mol. The lowest BCUT2D eigenvalue weighted by Gasteiger charge is -2.30. The molecule has 0 aliphatic carbocycles. The van der Waals surface area contributed by atoms with Crippen LogP contribution in [0.4, 0.5) is 0 Å². The van der Waals surface area contributed by atoms with E-state index < -0.39 is 10.2 Å². The van der Waals surface area contributed by atoms with Gasteiger partial charge in [-0.1, -0.05) is 13.8 Å². The van der Waals surface area contributed by atoms with Gasteiger partial charge in [-0.05, 0) is 47.1 Å². The fourth-order valence-electron chi connectivity index (χ4n) is 2.36. The monoisotopic (exact) mass is 302 g/mol. The van der Waals surface area contributed by atoms with E-state index in [-0.39, 0.29) is 5.92 Å². The van der Waals surface area contributed by atoms with Gasteiger partial charge in [0.1, 0.15) is 0 Å². The van der Waals surface area contributed by atoms with E-state index in [1.165, 1.54) is 5.56 Å². The van der Waals surface area contributed by atoms with Gasteiger partial charge in [0.15, 0.2) is 0 Å². The van der Waals surface area contributed by atoms with Crippen molar-refractivity contribution in [3.8, 4) is 0 Å². The van der Waals surface area contributed by atoms with Crippen molar-refractivity contribution in [1.82, 2.24) is 9.03 Å². The van der Waals surface area contributed by atoms with Gasteiger partial charge in [-0.15, -0.1) is 0 Å². The molecule has 1 fully saturated rings. The number of hydrogen-bond donors (Lipinski definition) is 1. The second kappa shape index (κ2) is 6.35. The maximum absolute atomic E-state index is 12.2. The second-order valence-electron chi connectivity index (χ2n) is 5.42. The van der Waals surface area contributed by atoms with Gasteiger partial charge in [-0.3, -0.25) is 0 Å². The minimum absolute atomic E-state index is 0.211. The smallest absolute Gasteiger partial charge is 0.202 e. The van der Waals surface area contributed by atoms with Crippen LogP contribution in [0.15, 0.2) is 16.8 Å². The van der Waals surface area contributed by atoms with E-state index in [1.54, 1.807) is 15.6 Å². The first-order valence-corrected chi connectivity index (χ1v) is 9.14. The van der Waals surface area contributed by atoms with Crippen molar-refractivity contribution in [2.45, 2.75) is 32.6 Å². The average molecular weight is 302 g/mol. The van der Waals surface area contributed by atoms with E-state index in [9.17, 15) is 8.42 Å². The molecule has 1 aliphatic heterocycles. The van der Waals surface area contributed by atoms with Crippen molar-refractivity contribution in [3.05, 3.63) is 22.4 Å². The first-order valence-electron chi connectivity index (χ1n) is 6.76. The molecule has 19 heavy (non-hydrogen) atoms. The van der Waals surface area contributed by atoms with Crippen LogP contribution in [0.2, 0.25) is 0 Å². The predicted molar refractivity (Wildman–Crippen MR) is 79.6 cm³/mol. The Balaban J connectivity index is 1.90. The summed E-state index contributed by atoms with van der Waals surface area (Å²) in [6.45, 7) is 5.90. The van der Waals surface area contributed by atoms with Crippen LogP contribution in [0.1, 0.15) is 38.2 Å². The minimum atomic E-state index is -3.32. The molecule has 1 aromatic heterocycles. The second-order valence-corrected chi connectivity index (χ2v) is 7.95. The summed E-state index contributed by atoms with van der Waals surface area (Å²) in [5, 5.41) is 4.09. The molecule has 108 valence electrons. The lowest BCUT2D eigenvalue weighted by molar-refractivity contribution is 0.278. The van der Waals surface area contributed by atoms with Crippen LogP contribution < -0.4 is 4.72 Å². The van der Waals surface area contributed by atoms with Gasteiger partial charge in [0.2, 0.25) is 0 Å². The molecule has 0 unspecified atom stereocenters. The lowest BCUT2D eigenvalue weighted by Crippen LogP contribution is -2.46. The van der Waals surface area contributed by atoms with Crippen molar-refractivity contribution in [1.29, 1.82) is 0 Å². The Morgan fingerprint density at radius 1 is 1.58 bits per heavy atom. The third-order valence-corrected chi connectivity index (χ3v) is 5.89. The van der Waals surface area contributed by atoms with Crippen molar-refractivity contribution in [2.75, 3.05) is 19.6 Å². The Hall–Kier alpha value is -0.430. The van der Waals surface area contributed by atoms with Crippen molar-refractivity contribution < 1.29 is 8.42 Å². The van der Waals surface area contributed by atoms with Gasteiger partial charge in [0.05, 0.1) is 0 Å². The zero-order valence-electron chi connectivity index (χ0n) is 11.5. The van der Waals surface area contributed by atoms with Gasteiger partial charge in [0, 0.05) is 19.6 Å².